The Bertz CT molecular complexity index is 377. The van der Waals surface area contributed by atoms with Crippen LogP contribution in [-0.4, -0.2) is 36.7 Å². The Morgan fingerprint density at radius 3 is 2.65 bits per heavy atom. The zero-order valence-electron chi connectivity index (χ0n) is 9.83. The van der Waals surface area contributed by atoms with Gasteiger partial charge < -0.3 is 5.11 Å². The molecule has 2 fully saturated rings. The molecule has 2 saturated carbocycles. The minimum atomic E-state index is -0.186. The lowest BCUT2D eigenvalue weighted by Gasteiger charge is -2.15. The smallest absolute Gasteiger partial charge is 0.209 e. The van der Waals surface area contributed by atoms with Gasteiger partial charge in [0.15, 0.2) is 0 Å². The van der Waals surface area contributed by atoms with Gasteiger partial charge in [-0.1, -0.05) is 24.6 Å². The molecular formula is C11H18N4OS. The van der Waals surface area contributed by atoms with Crippen molar-refractivity contribution in [3.05, 3.63) is 0 Å². The molecule has 1 heterocycles. The van der Waals surface area contributed by atoms with Crippen molar-refractivity contribution in [1.29, 1.82) is 0 Å². The summed E-state index contributed by atoms with van der Waals surface area (Å²) in [6, 6.07) is 0.478. The van der Waals surface area contributed by atoms with Crippen LogP contribution in [0.1, 0.15) is 51.0 Å². The van der Waals surface area contributed by atoms with Crippen LogP contribution in [0, 0.1) is 0 Å². The van der Waals surface area contributed by atoms with Crippen LogP contribution in [0.2, 0.25) is 0 Å². The number of rotatable bonds is 3. The Labute approximate surface area is 105 Å². The number of tetrazole rings is 1. The van der Waals surface area contributed by atoms with E-state index in [-0.39, 0.29) is 11.4 Å². The highest BCUT2D eigenvalue weighted by Crippen LogP contribution is 2.37. The lowest BCUT2D eigenvalue weighted by Crippen LogP contribution is -2.17. The first-order chi connectivity index (χ1) is 8.34. The number of hydrogen-bond acceptors (Lipinski definition) is 5. The molecule has 1 aromatic heterocycles. The maximum atomic E-state index is 9.85. The van der Waals surface area contributed by atoms with E-state index in [0.29, 0.717) is 6.04 Å². The minimum absolute atomic E-state index is 0.186. The predicted molar refractivity (Wildman–Crippen MR) is 64.8 cm³/mol. The second kappa shape index (κ2) is 4.94. The fourth-order valence-electron chi connectivity index (χ4n) is 2.82. The zero-order chi connectivity index (χ0) is 11.7. The zero-order valence-corrected chi connectivity index (χ0v) is 10.6. The van der Waals surface area contributed by atoms with Gasteiger partial charge in [-0.3, -0.25) is 0 Å². The number of nitrogens with zero attached hydrogens (tertiary/aromatic N) is 4. The highest BCUT2D eigenvalue weighted by atomic mass is 32.2. The second-order valence-corrected chi connectivity index (χ2v) is 6.21. The molecule has 1 N–H and O–H groups in total. The van der Waals surface area contributed by atoms with Gasteiger partial charge in [0.1, 0.15) is 0 Å². The first kappa shape index (κ1) is 11.5. The van der Waals surface area contributed by atoms with Crippen LogP contribution >= 0.6 is 11.8 Å². The van der Waals surface area contributed by atoms with Gasteiger partial charge in [-0.25, -0.2) is 4.68 Å². The van der Waals surface area contributed by atoms with Crippen molar-refractivity contribution in [2.45, 2.75) is 67.5 Å². The Morgan fingerprint density at radius 2 is 1.94 bits per heavy atom. The summed E-state index contributed by atoms with van der Waals surface area (Å²) < 4.78 is 1.97. The molecule has 3 rings (SSSR count). The molecule has 0 radical (unpaired) electrons. The second-order valence-electron chi connectivity index (χ2n) is 5.00. The molecule has 6 heteroatoms. The van der Waals surface area contributed by atoms with Gasteiger partial charge in [0, 0.05) is 5.25 Å². The maximum absolute atomic E-state index is 9.85. The summed E-state index contributed by atoms with van der Waals surface area (Å²) in [5.74, 6) is 0. The van der Waals surface area contributed by atoms with Gasteiger partial charge in [-0.15, -0.1) is 5.10 Å². The van der Waals surface area contributed by atoms with Gasteiger partial charge in [0.25, 0.3) is 0 Å². The van der Waals surface area contributed by atoms with Crippen LogP contribution < -0.4 is 0 Å². The van der Waals surface area contributed by atoms with Gasteiger partial charge >= 0.3 is 0 Å². The molecule has 17 heavy (non-hydrogen) atoms. The lowest BCUT2D eigenvalue weighted by molar-refractivity contribution is 0.188. The van der Waals surface area contributed by atoms with Crippen molar-refractivity contribution >= 4 is 11.8 Å². The fraction of sp³-hybridized carbons (Fsp3) is 0.909. The van der Waals surface area contributed by atoms with E-state index in [9.17, 15) is 5.11 Å². The van der Waals surface area contributed by atoms with E-state index in [2.05, 4.69) is 15.5 Å². The summed E-state index contributed by atoms with van der Waals surface area (Å²) in [5.41, 5.74) is 0. The standard InChI is InChI=1S/C11H18N4OS/c16-9-6-3-7-10(9)17-11-12-13-14-15(11)8-4-1-2-5-8/h8-10,16H,1-7H2/t9-,10-/m0/s1. The fourth-order valence-corrected chi connectivity index (χ4v) is 4.05. The molecule has 2 aliphatic rings. The highest BCUT2D eigenvalue weighted by molar-refractivity contribution is 7.99. The molecule has 2 atom stereocenters. The van der Waals surface area contributed by atoms with E-state index >= 15 is 0 Å². The summed E-state index contributed by atoms with van der Waals surface area (Å²) >= 11 is 1.66. The largest absolute Gasteiger partial charge is 0.392 e. The van der Waals surface area contributed by atoms with E-state index in [4.69, 9.17) is 0 Å². The summed E-state index contributed by atoms with van der Waals surface area (Å²) in [4.78, 5) is 0. The lowest BCUT2D eigenvalue weighted by atomic mass is 10.3. The summed E-state index contributed by atoms with van der Waals surface area (Å²) in [7, 11) is 0. The van der Waals surface area contributed by atoms with E-state index in [1.165, 1.54) is 25.7 Å². The molecule has 0 saturated heterocycles. The number of aliphatic hydroxyl groups excluding tert-OH is 1. The molecule has 2 aliphatic carbocycles. The van der Waals surface area contributed by atoms with Crippen LogP contribution in [0.5, 0.6) is 0 Å². The number of hydrogen-bond donors (Lipinski definition) is 1. The van der Waals surface area contributed by atoms with Crippen LogP contribution in [0.3, 0.4) is 0 Å². The predicted octanol–water partition coefficient (Wildman–Crippen LogP) is 1.79. The van der Waals surface area contributed by atoms with E-state index in [0.717, 1.165) is 24.4 Å². The van der Waals surface area contributed by atoms with E-state index in [1.54, 1.807) is 11.8 Å². The molecule has 5 nitrogen and oxygen atoms in total. The highest BCUT2D eigenvalue weighted by Gasteiger charge is 2.29. The maximum Gasteiger partial charge on any atom is 0.209 e. The van der Waals surface area contributed by atoms with Crippen LogP contribution in [0.25, 0.3) is 0 Å². The number of thioether (sulfide) groups is 1. The Balaban J connectivity index is 1.72. The van der Waals surface area contributed by atoms with Crippen molar-refractivity contribution in [2.24, 2.45) is 0 Å². The number of aliphatic hydroxyl groups is 1. The summed E-state index contributed by atoms with van der Waals surface area (Å²) in [5, 5.41) is 23.0. The molecule has 0 spiro atoms. The third-order valence-electron chi connectivity index (χ3n) is 3.81. The molecule has 0 bridgehead atoms. The van der Waals surface area contributed by atoms with Crippen molar-refractivity contribution in [1.82, 2.24) is 20.2 Å². The summed E-state index contributed by atoms with van der Waals surface area (Å²) in [6.45, 7) is 0. The van der Waals surface area contributed by atoms with Crippen molar-refractivity contribution in [3.63, 3.8) is 0 Å². The quantitative estimate of drug-likeness (QED) is 0.891. The Hall–Kier alpha value is -0.620. The average molecular weight is 254 g/mol. The molecule has 0 aliphatic heterocycles. The Morgan fingerprint density at radius 1 is 1.12 bits per heavy atom. The van der Waals surface area contributed by atoms with Gasteiger partial charge in [0.05, 0.1) is 12.1 Å². The van der Waals surface area contributed by atoms with E-state index in [1.807, 2.05) is 4.68 Å². The van der Waals surface area contributed by atoms with E-state index < -0.39 is 0 Å². The molecule has 1 aromatic rings. The third-order valence-corrected chi connectivity index (χ3v) is 5.14. The number of aromatic nitrogens is 4. The van der Waals surface area contributed by atoms with Gasteiger partial charge in [-0.2, -0.15) is 0 Å². The molecule has 0 amide bonds. The molecule has 0 aromatic carbocycles. The van der Waals surface area contributed by atoms with Crippen LogP contribution in [0.15, 0.2) is 5.16 Å². The van der Waals surface area contributed by atoms with Crippen molar-refractivity contribution < 1.29 is 5.11 Å². The third kappa shape index (κ3) is 2.33. The SMILES string of the molecule is O[C@H]1CCC[C@@H]1Sc1nnnn1C1CCCC1. The first-order valence-corrected chi connectivity index (χ1v) is 7.35. The molecule has 94 valence electrons. The van der Waals surface area contributed by atoms with Crippen LogP contribution in [0.4, 0.5) is 0 Å². The monoisotopic (exact) mass is 254 g/mol. The van der Waals surface area contributed by atoms with Crippen LogP contribution in [-0.2, 0) is 0 Å². The minimum Gasteiger partial charge on any atom is -0.392 e. The molecular weight excluding hydrogens is 236 g/mol. The summed E-state index contributed by atoms with van der Waals surface area (Å²) in [6.07, 6.45) is 7.85. The Kier molecular flexibility index (Phi) is 3.33. The molecule has 0 unspecified atom stereocenters. The van der Waals surface area contributed by atoms with Gasteiger partial charge in [-0.05, 0) is 42.5 Å². The average Bonchev–Trinajstić information content (AvgIpc) is 3.02. The normalized spacial score (nSPS) is 30.2. The van der Waals surface area contributed by atoms with Gasteiger partial charge in [0.2, 0.25) is 5.16 Å². The van der Waals surface area contributed by atoms with Crippen molar-refractivity contribution in [3.8, 4) is 0 Å². The van der Waals surface area contributed by atoms with Crippen molar-refractivity contribution in [2.75, 3.05) is 0 Å². The first-order valence-electron chi connectivity index (χ1n) is 6.47. The topological polar surface area (TPSA) is 63.8 Å².